The highest BCUT2D eigenvalue weighted by atomic mass is 35.5. The van der Waals surface area contributed by atoms with Gasteiger partial charge >= 0.3 is 5.97 Å². The molecule has 0 spiro atoms. The van der Waals surface area contributed by atoms with Crippen molar-refractivity contribution in [2.75, 3.05) is 21.3 Å². The molecule has 0 unspecified atom stereocenters. The summed E-state index contributed by atoms with van der Waals surface area (Å²) >= 11 is 6.80. The highest BCUT2D eigenvalue weighted by Crippen LogP contribution is 2.39. The van der Waals surface area contributed by atoms with Crippen molar-refractivity contribution in [3.8, 4) is 28.6 Å². The van der Waals surface area contributed by atoms with Crippen LogP contribution in [0.15, 0.2) is 40.4 Å². The lowest BCUT2D eigenvalue weighted by molar-refractivity contribution is -0.385. The number of nitro benzene ring substituents is 1. The van der Waals surface area contributed by atoms with Crippen LogP contribution in [0, 0.1) is 10.1 Å². The Morgan fingerprint density at radius 1 is 1.18 bits per heavy atom. The predicted molar refractivity (Wildman–Crippen MR) is 121 cm³/mol. The topological polar surface area (TPSA) is 150 Å². The molecule has 2 N–H and O–H groups in total. The van der Waals surface area contributed by atoms with E-state index in [1.807, 2.05) is 0 Å². The lowest BCUT2D eigenvalue weighted by Crippen LogP contribution is -2.00. The maximum Gasteiger partial charge on any atom is 0.342 e. The molecule has 172 valence electrons. The molecule has 33 heavy (non-hydrogen) atoms. The highest BCUT2D eigenvalue weighted by Gasteiger charge is 2.21. The van der Waals surface area contributed by atoms with E-state index in [1.54, 1.807) is 18.2 Å². The number of non-ortho nitro benzene ring substituents is 1. The van der Waals surface area contributed by atoms with Gasteiger partial charge in [0, 0.05) is 16.7 Å². The molecule has 1 heterocycles. The SMILES string of the molecule is COc1ccc(Cl)cc1-c1nc(S/C(=C/c2cc([N+](=O)[O-])cc(OC)c2OC)C(=O)O)n[nH]1. The van der Waals surface area contributed by atoms with Crippen molar-refractivity contribution in [2.24, 2.45) is 0 Å². The normalized spacial score (nSPS) is 11.2. The summed E-state index contributed by atoms with van der Waals surface area (Å²) in [6.45, 7) is 0. The van der Waals surface area contributed by atoms with Crippen LogP contribution in [0.1, 0.15) is 5.56 Å². The van der Waals surface area contributed by atoms with Gasteiger partial charge < -0.3 is 19.3 Å². The number of nitrogens with one attached hydrogen (secondary N) is 1. The highest BCUT2D eigenvalue weighted by molar-refractivity contribution is 8.04. The molecule has 3 aromatic rings. The van der Waals surface area contributed by atoms with Gasteiger partial charge in [-0.3, -0.25) is 15.2 Å². The molecule has 0 aliphatic heterocycles. The standard InChI is InChI=1S/C20H17ClN4O7S/c1-30-14-5-4-11(21)8-13(14)18-22-20(24-23-18)33-16(19(26)27)7-10-6-12(25(28)29)9-15(31-2)17(10)32-3/h4-9H,1-3H3,(H,26,27)(H,22,23,24)/b16-7+. The summed E-state index contributed by atoms with van der Waals surface area (Å²) in [6.07, 6.45) is 1.22. The number of carboxylic acids is 1. The smallest absolute Gasteiger partial charge is 0.342 e. The van der Waals surface area contributed by atoms with Crippen LogP contribution in [0.4, 0.5) is 5.69 Å². The number of aliphatic carboxylic acids is 1. The number of ether oxygens (including phenoxy) is 3. The number of carboxylic acid groups (broad SMARTS) is 1. The molecule has 0 aliphatic rings. The van der Waals surface area contributed by atoms with Crippen LogP contribution in [0.5, 0.6) is 17.2 Å². The third-order valence-electron chi connectivity index (χ3n) is 4.28. The molecule has 0 amide bonds. The van der Waals surface area contributed by atoms with Gasteiger partial charge in [-0.1, -0.05) is 11.6 Å². The number of aromatic nitrogens is 3. The van der Waals surface area contributed by atoms with E-state index in [0.717, 1.165) is 11.8 Å². The van der Waals surface area contributed by atoms with Crippen molar-refractivity contribution in [2.45, 2.75) is 5.16 Å². The zero-order chi connectivity index (χ0) is 24.1. The van der Waals surface area contributed by atoms with E-state index in [4.69, 9.17) is 25.8 Å². The van der Waals surface area contributed by atoms with E-state index < -0.39 is 10.9 Å². The Labute approximate surface area is 196 Å². The van der Waals surface area contributed by atoms with E-state index in [0.29, 0.717) is 22.2 Å². The van der Waals surface area contributed by atoms with E-state index in [2.05, 4.69) is 15.2 Å². The van der Waals surface area contributed by atoms with Crippen LogP contribution >= 0.6 is 23.4 Å². The Morgan fingerprint density at radius 2 is 1.91 bits per heavy atom. The number of rotatable bonds is 9. The van der Waals surface area contributed by atoms with Crippen molar-refractivity contribution < 1.29 is 29.0 Å². The predicted octanol–water partition coefficient (Wildman–Crippen LogP) is 4.28. The Morgan fingerprint density at radius 3 is 2.52 bits per heavy atom. The van der Waals surface area contributed by atoms with Gasteiger partial charge in [-0.05, 0) is 36.0 Å². The van der Waals surface area contributed by atoms with E-state index in [9.17, 15) is 20.0 Å². The van der Waals surface area contributed by atoms with Crippen LogP contribution < -0.4 is 14.2 Å². The fraction of sp³-hybridized carbons (Fsp3) is 0.150. The number of carbonyl (C=O) groups is 1. The van der Waals surface area contributed by atoms with Gasteiger partial charge in [-0.2, -0.15) is 0 Å². The number of aromatic amines is 1. The Bertz CT molecular complexity index is 1250. The average Bonchev–Trinajstić information content (AvgIpc) is 3.26. The van der Waals surface area contributed by atoms with Crippen molar-refractivity contribution in [3.63, 3.8) is 0 Å². The third kappa shape index (κ3) is 5.35. The Balaban J connectivity index is 2.01. The van der Waals surface area contributed by atoms with Crippen LogP contribution in [0.2, 0.25) is 5.02 Å². The molecule has 1 aromatic heterocycles. The van der Waals surface area contributed by atoms with Gasteiger partial charge in [0.15, 0.2) is 17.3 Å². The molecule has 0 bridgehead atoms. The Hall–Kier alpha value is -3.77. The zero-order valence-corrected chi connectivity index (χ0v) is 19.1. The molecule has 2 aromatic carbocycles. The second-order valence-corrected chi connectivity index (χ2v) is 7.70. The number of halogens is 1. The average molecular weight is 493 g/mol. The summed E-state index contributed by atoms with van der Waals surface area (Å²) in [4.78, 5) is 26.7. The number of benzene rings is 2. The van der Waals surface area contributed by atoms with Crippen LogP contribution in [-0.4, -0.2) is 52.5 Å². The van der Waals surface area contributed by atoms with Gasteiger partial charge in [-0.25, -0.2) is 9.78 Å². The van der Waals surface area contributed by atoms with E-state index in [-0.39, 0.29) is 32.8 Å². The number of hydrogen-bond acceptors (Lipinski definition) is 9. The molecule has 3 rings (SSSR count). The summed E-state index contributed by atoms with van der Waals surface area (Å²) in [6, 6.07) is 7.32. The molecule has 0 saturated carbocycles. The van der Waals surface area contributed by atoms with Gasteiger partial charge in [0.25, 0.3) is 5.69 Å². The van der Waals surface area contributed by atoms with E-state index in [1.165, 1.54) is 39.5 Å². The number of thioether (sulfide) groups is 1. The van der Waals surface area contributed by atoms with Crippen molar-refractivity contribution in [1.29, 1.82) is 0 Å². The van der Waals surface area contributed by atoms with Gasteiger partial charge in [0.1, 0.15) is 10.7 Å². The number of nitro groups is 1. The van der Waals surface area contributed by atoms with Crippen molar-refractivity contribution in [1.82, 2.24) is 15.2 Å². The lowest BCUT2D eigenvalue weighted by Gasteiger charge is -2.11. The first kappa shape index (κ1) is 23.9. The van der Waals surface area contributed by atoms with Gasteiger partial charge in [0.2, 0.25) is 5.16 Å². The first-order valence-corrected chi connectivity index (χ1v) is 10.3. The summed E-state index contributed by atoms with van der Waals surface area (Å²) in [5.41, 5.74) is 0.387. The molecule has 0 atom stereocenters. The summed E-state index contributed by atoms with van der Waals surface area (Å²) in [7, 11) is 4.15. The molecule has 0 radical (unpaired) electrons. The first-order chi connectivity index (χ1) is 15.8. The summed E-state index contributed by atoms with van der Waals surface area (Å²) < 4.78 is 15.7. The van der Waals surface area contributed by atoms with Crippen molar-refractivity contribution >= 4 is 41.1 Å². The monoisotopic (exact) mass is 492 g/mol. The molecular formula is C20H17ClN4O7S. The summed E-state index contributed by atoms with van der Waals surface area (Å²) in [5.74, 6) is -0.257. The van der Waals surface area contributed by atoms with Crippen LogP contribution in [-0.2, 0) is 4.79 Å². The Kier molecular flexibility index (Phi) is 7.41. The van der Waals surface area contributed by atoms with Crippen LogP contribution in [0.3, 0.4) is 0 Å². The van der Waals surface area contributed by atoms with E-state index >= 15 is 0 Å². The fourth-order valence-electron chi connectivity index (χ4n) is 2.84. The molecule has 11 nitrogen and oxygen atoms in total. The minimum Gasteiger partial charge on any atom is -0.496 e. The lowest BCUT2D eigenvalue weighted by atomic mass is 10.1. The molecule has 13 heteroatoms. The fourth-order valence-corrected chi connectivity index (χ4v) is 3.71. The zero-order valence-electron chi connectivity index (χ0n) is 17.5. The van der Waals surface area contributed by atoms with Gasteiger partial charge in [0.05, 0.1) is 37.9 Å². The minimum atomic E-state index is -1.29. The first-order valence-electron chi connectivity index (χ1n) is 9.07. The largest absolute Gasteiger partial charge is 0.496 e. The molecule has 0 saturated heterocycles. The number of hydrogen-bond donors (Lipinski definition) is 2. The summed E-state index contributed by atoms with van der Waals surface area (Å²) in [5, 5.41) is 28.3. The quantitative estimate of drug-likeness (QED) is 0.192. The van der Waals surface area contributed by atoms with Gasteiger partial charge in [-0.15, -0.1) is 5.10 Å². The second kappa shape index (κ2) is 10.2. The number of H-pyrrole nitrogens is 1. The number of nitrogens with zero attached hydrogens (tertiary/aromatic N) is 3. The molecule has 0 aliphatic carbocycles. The number of methoxy groups -OCH3 is 3. The van der Waals surface area contributed by atoms with Crippen LogP contribution in [0.25, 0.3) is 17.5 Å². The maximum atomic E-state index is 11.9. The maximum absolute atomic E-state index is 11.9. The van der Waals surface area contributed by atoms with Crippen molar-refractivity contribution in [3.05, 3.63) is 55.9 Å². The molecule has 0 fully saturated rings. The third-order valence-corrected chi connectivity index (χ3v) is 5.40. The second-order valence-electron chi connectivity index (χ2n) is 6.25. The minimum absolute atomic E-state index is 0.0842. The molecular weight excluding hydrogens is 476 g/mol.